The summed E-state index contributed by atoms with van der Waals surface area (Å²) in [6.45, 7) is 0.841. The second kappa shape index (κ2) is 4.74. The van der Waals surface area contributed by atoms with Gasteiger partial charge >= 0.3 is 0 Å². The van der Waals surface area contributed by atoms with Gasteiger partial charge in [0.15, 0.2) is 0 Å². The molecule has 1 saturated carbocycles. The first-order valence-electron chi connectivity index (χ1n) is 4.86. The average Bonchev–Trinajstić information content (AvgIpc) is 2.75. The maximum Gasteiger partial charge on any atom is 0.0790 e. The van der Waals surface area contributed by atoms with Crippen LogP contribution in [0.25, 0.3) is 0 Å². The summed E-state index contributed by atoms with van der Waals surface area (Å²) >= 11 is 1.76. The number of thiophene rings is 1. The molecule has 0 radical (unpaired) electrons. The molecule has 0 aliphatic heterocycles. The van der Waals surface area contributed by atoms with E-state index in [1.165, 1.54) is 30.6 Å². The molecule has 2 nitrogen and oxygen atoms in total. The summed E-state index contributed by atoms with van der Waals surface area (Å²) in [4.78, 5) is 6.86. The van der Waals surface area contributed by atoms with Crippen molar-refractivity contribution in [3.8, 4) is 0 Å². The van der Waals surface area contributed by atoms with Crippen molar-refractivity contribution in [2.45, 2.75) is 38.3 Å². The number of hydrogen-bond acceptors (Lipinski definition) is 3. The van der Waals surface area contributed by atoms with Crippen LogP contribution < -0.4 is 5.48 Å². The van der Waals surface area contributed by atoms with E-state index in [-0.39, 0.29) is 0 Å². The molecular formula is C10H15NOS. The van der Waals surface area contributed by atoms with Crippen molar-refractivity contribution in [3.05, 3.63) is 22.4 Å². The van der Waals surface area contributed by atoms with Gasteiger partial charge in [-0.3, -0.25) is 4.84 Å². The minimum absolute atomic E-state index is 0.458. The fourth-order valence-corrected chi connectivity index (χ4v) is 2.28. The van der Waals surface area contributed by atoms with Crippen LogP contribution in [-0.2, 0) is 11.4 Å². The first-order valence-corrected chi connectivity index (χ1v) is 5.74. The van der Waals surface area contributed by atoms with Gasteiger partial charge in [-0.1, -0.05) is 18.9 Å². The maximum absolute atomic E-state index is 5.53. The van der Waals surface area contributed by atoms with Gasteiger partial charge in [0.25, 0.3) is 0 Å². The molecule has 3 heteroatoms. The molecule has 0 spiro atoms. The molecule has 0 atom stereocenters. The Balaban J connectivity index is 1.63. The number of rotatable bonds is 4. The topological polar surface area (TPSA) is 21.3 Å². The zero-order valence-electron chi connectivity index (χ0n) is 7.66. The summed E-state index contributed by atoms with van der Waals surface area (Å²) in [5.74, 6) is 0. The fraction of sp³-hybridized carbons (Fsp3) is 0.600. The third-order valence-corrected chi connectivity index (χ3v) is 3.26. The molecule has 1 fully saturated rings. The van der Waals surface area contributed by atoms with E-state index >= 15 is 0 Å². The first-order chi connectivity index (χ1) is 6.45. The summed E-state index contributed by atoms with van der Waals surface area (Å²) in [5.41, 5.74) is 3.04. The van der Waals surface area contributed by atoms with E-state index in [4.69, 9.17) is 4.84 Å². The summed E-state index contributed by atoms with van der Waals surface area (Å²) in [6.07, 6.45) is 5.55. The molecule has 2 rings (SSSR count). The molecule has 72 valence electrons. The minimum atomic E-state index is 0.458. The van der Waals surface area contributed by atoms with Gasteiger partial charge in [-0.15, -0.1) is 11.3 Å². The van der Waals surface area contributed by atoms with Gasteiger partial charge in [0.2, 0.25) is 0 Å². The highest BCUT2D eigenvalue weighted by molar-refractivity contribution is 7.09. The third-order valence-electron chi connectivity index (χ3n) is 2.38. The van der Waals surface area contributed by atoms with E-state index in [2.05, 4.69) is 23.0 Å². The molecule has 1 N–H and O–H groups in total. The lowest BCUT2D eigenvalue weighted by atomic mass is 10.3. The molecule has 1 aromatic heterocycles. The Bertz CT molecular complexity index is 229. The van der Waals surface area contributed by atoms with E-state index in [9.17, 15) is 0 Å². The van der Waals surface area contributed by atoms with Crippen molar-refractivity contribution in [1.29, 1.82) is 0 Å². The van der Waals surface area contributed by atoms with Crippen molar-refractivity contribution >= 4 is 11.3 Å². The van der Waals surface area contributed by atoms with Gasteiger partial charge in [-0.25, -0.2) is 0 Å². The van der Waals surface area contributed by atoms with Gasteiger partial charge in [0.05, 0.1) is 12.6 Å². The Morgan fingerprint density at radius 1 is 1.46 bits per heavy atom. The zero-order valence-corrected chi connectivity index (χ0v) is 8.48. The van der Waals surface area contributed by atoms with E-state index < -0.39 is 0 Å². The Labute approximate surface area is 82.9 Å². The van der Waals surface area contributed by atoms with Crippen LogP contribution >= 0.6 is 11.3 Å². The molecule has 1 aliphatic carbocycles. The van der Waals surface area contributed by atoms with Gasteiger partial charge < -0.3 is 0 Å². The predicted octanol–water partition coefficient (Wildman–Crippen LogP) is 2.71. The normalized spacial score (nSPS) is 18.2. The highest BCUT2D eigenvalue weighted by Gasteiger charge is 2.15. The third kappa shape index (κ3) is 2.79. The lowest BCUT2D eigenvalue weighted by Gasteiger charge is -2.10. The van der Waals surface area contributed by atoms with E-state index in [1.807, 2.05) is 0 Å². The van der Waals surface area contributed by atoms with Crippen LogP contribution in [0.1, 0.15) is 30.6 Å². The molecule has 1 heterocycles. The van der Waals surface area contributed by atoms with Gasteiger partial charge in [0.1, 0.15) is 0 Å². The summed E-state index contributed by atoms with van der Waals surface area (Å²) < 4.78 is 0. The van der Waals surface area contributed by atoms with Gasteiger partial charge in [0, 0.05) is 4.88 Å². The van der Waals surface area contributed by atoms with Crippen molar-refractivity contribution < 1.29 is 4.84 Å². The molecule has 0 amide bonds. The van der Waals surface area contributed by atoms with Crippen LogP contribution in [-0.4, -0.2) is 6.10 Å². The Kier molecular flexibility index (Phi) is 3.35. The molecular weight excluding hydrogens is 182 g/mol. The Morgan fingerprint density at radius 2 is 2.31 bits per heavy atom. The van der Waals surface area contributed by atoms with Gasteiger partial charge in [-0.05, 0) is 24.3 Å². The molecule has 1 aliphatic rings. The Morgan fingerprint density at radius 3 is 3.00 bits per heavy atom. The van der Waals surface area contributed by atoms with Crippen LogP contribution in [0.4, 0.5) is 0 Å². The molecule has 0 aromatic carbocycles. The van der Waals surface area contributed by atoms with Crippen LogP contribution in [0.3, 0.4) is 0 Å². The lowest BCUT2D eigenvalue weighted by Crippen LogP contribution is -2.20. The van der Waals surface area contributed by atoms with Crippen LogP contribution in [0.2, 0.25) is 0 Å². The minimum Gasteiger partial charge on any atom is -0.298 e. The Hall–Kier alpha value is -0.380. The maximum atomic E-state index is 5.53. The van der Waals surface area contributed by atoms with Crippen molar-refractivity contribution in [2.75, 3.05) is 0 Å². The summed E-state index contributed by atoms with van der Waals surface area (Å²) in [7, 11) is 0. The highest BCUT2D eigenvalue weighted by atomic mass is 32.1. The average molecular weight is 197 g/mol. The summed E-state index contributed by atoms with van der Waals surface area (Å²) in [6, 6.07) is 4.19. The highest BCUT2D eigenvalue weighted by Crippen LogP contribution is 2.20. The number of hydroxylamine groups is 1. The fourth-order valence-electron chi connectivity index (χ4n) is 1.65. The first kappa shape index (κ1) is 9.19. The summed E-state index contributed by atoms with van der Waals surface area (Å²) in [5, 5.41) is 2.09. The van der Waals surface area contributed by atoms with E-state index in [1.54, 1.807) is 11.3 Å². The molecule has 0 bridgehead atoms. The second-order valence-corrected chi connectivity index (χ2v) is 4.46. The van der Waals surface area contributed by atoms with Crippen LogP contribution in [0.5, 0.6) is 0 Å². The number of hydrogen-bond donors (Lipinski definition) is 1. The number of nitrogens with one attached hydrogen (secondary N) is 1. The molecule has 0 unspecified atom stereocenters. The van der Waals surface area contributed by atoms with Crippen molar-refractivity contribution in [3.63, 3.8) is 0 Å². The predicted molar refractivity (Wildman–Crippen MR) is 54.5 cm³/mol. The smallest absolute Gasteiger partial charge is 0.0790 e. The monoisotopic (exact) mass is 197 g/mol. The SMILES string of the molecule is c1csc(CNOC2CCCC2)c1. The molecule has 13 heavy (non-hydrogen) atoms. The largest absolute Gasteiger partial charge is 0.298 e. The second-order valence-electron chi connectivity index (χ2n) is 3.42. The van der Waals surface area contributed by atoms with E-state index in [0.717, 1.165) is 6.54 Å². The van der Waals surface area contributed by atoms with E-state index in [0.29, 0.717) is 6.10 Å². The standard InChI is InChI=1S/C10H15NOS/c1-2-5-9(4-1)12-11-8-10-6-3-7-13-10/h3,6-7,9,11H,1-2,4-5,8H2. The molecule has 0 saturated heterocycles. The van der Waals surface area contributed by atoms with Crippen molar-refractivity contribution in [1.82, 2.24) is 5.48 Å². The van der Waals surface area contributed by atoms with Crippen LogP contribution in [0.15, 0.2) is 17.5 Å². The van der Waals surface area contributed by atoms with Crippen LogP contribution in [0, 0.1) is 0 Å². The zero-order chi connectivity index (χ0) is 8.93. The van der Waals surface area contributed by atoms with Gasteiger partial charge in [-0.2, -0.15) is 5.48 Å². The quantitative estimate of drug-likeness (QED) is 0.749. The lowest BCUT2D eigenvalue weighted by molar-refractivity contribution is -0.0239. The molecule has 1 aromatic rings. The van der Waals surface area contributed by atoms with Crippen molar-refractivity contribution in [2.24, 2.45) is 0 Å².